The van der Waals surface area contributed by atoms with Gasteiger partial charge in [-0.3, -0.25) is 4.99 Å². The summed E-state index contributed by atoms with van der Waals surface area (Å²) < 4.78 is 15.6. The Morgan fingerprint density at radius 3 is 3.00 bits per heavy atom. The van der Waals surface area contributed by atoms with E-state index < -0.39 is 0 Å². The van der Waals surface area contributed by atoms with Crippen LogP contribution in [-0.2, 0) is 19.4 Å². The van der Waals surface area contributed by atoms with E-state index in [-0.39, 0.29) is 35.8 Å². The molecule has 0 saturated heterocycles. The third-order valence-electron chi connectivity index (χ3n) is 5.46. The second kappa shape index (κ2) is 10.4. The quantitative estimate of drug-likeness (QED) is 0.253. The summed E-state index contributed by atoms with van der Waals surface area (Å²) in [6, 6.07) is 5.09. The highest BCUT2D eigenvalue weighted by Crippen LogP contribution is 2.20. The fraction of sp³-hybridized carbons (Fsp3) is 0.500. The summed E-state index contributed by atoms with van der Waals surface area (Å²) >= 11 is 0. The van der Waals surface area contributed by atoms with Crippen molar-refractivity contribution in [3.05, 3.63) is 47.4 Å². The zero-order valence-corrected chi connectivity index (χ0v) is 20.6. The van der Waals surface area contributed by atoms with Gasteiger partial charge in [-0.15, -0.1) is 24.0 Å². The predicted molar refractivity (Wildman–Crippen MR) is 133 cm³/mol. The average Bonchev–Trinajstić information content (AvgIpc) is 3.32. The van der Waals surface area contributed by atoms with Crippen LogP contribution >= 0.6 is 24.0 Å². The van der Waals surface area contributed by atoms with Crippen LogP contribution in [0, 0.1) is 5.82 Å². The molecule has 168 valence electrons. The Balaban J connectivity index is 0.00000272. The molecule has 1 unspecified atom stereocenters. The van der Waals surface area contributed by atoms with Crippen LogP contribution in [0.4, 0.5) is 4.39 Å². The van der Waals surface area contributed by atoms with Gasteiger partial charge in [0.1, 0.15) is 11.6 Å². The number of hydrogen-bond donors (Lipinski definition) is 3. The summed E-state index contributed by atoms with van der Waals surface area (Å²) in [7, 11) is 0. The van der Waals surface area contributed by atoms with Crippen molar-refractivity contribution in [1.29, 1.82) is 0 Å². The largest absolute Gasteiger partial charge is 0.361 e. The third-order valence-corrected chi connectivity index (χ3v) is 5.46. The molecule has 9 heteroatoms. The molecule has 0 fully saturated rings. The molecule has 3 heterocycles. The van der Waals surface area contributed by atoms with E-state index in [2.05, 4.69) is 46.5 Å². The summed E-state index contributed by atoms with van der Waals surface area (Å²) in [4.78, 5) is 12.6. The van der Waals surface area contributed by atoms with Crippen molar-refractivity contribution in [2.75, 3.05) is 13.1 Å². The van der Waals surface area contributed by atoms with Crippen LogP contribution in [0.3, 0.4) is 0 Å². The van der Waals surface area contributed by atoms with Gasteiger partial charge in [-0.25, -0.2) is 14.1 Å². The first-order valence-electron chi connectivity index (χ1n) is 10.8. The summed E-state index contributed by atoms with van der Waals surface area (Å²) in [6.45, 7) is 8.51. The zero-order chi connectivity index (χ0) is 21.1. The van der Waals surface area contributed by atoms with Gasteiger partial charge in [0.2, 0.25) is 0 Å². The van der Waals surface area contributed by atoms with Gasteiger partial charge in [-0.2, -0.15) is 5.10 Å². The van der Waals surface area contributed by atoms with Crippen LogP contribution in [0.25, 0.3) is 10.9 Å². The molecular formula is C22H31FIN7. The van der Waals surface area contributed by atoms with Crippen molar-refractivity contribution >= 4 is 40.8 Å². The van der Waals surface area contributed by atoms with Gasteiger partial charge in [0, 0.05) is 48.6 Å². The fourth-order valence-electron chi connectivity index (χ4n) is 3.85. The minimum absolute atomic E-state index is 0. The number of guanidine groups is 1. The Kier molecular flexibility index (Phi) is 7.90. The van der Waals surface area contributed by atoms with E-state index in [0.29, 0.717) is 12.5 Å². The van der Waals surface area contributed by atoms with Crippen molar-refractivity contribution in [3.63, 3.8) is 0 Å². The van der Waals surface area contributed by atoms with Crippen LogP contribution in [-0.4, -0.2) is 44.8 Å². The van der Waals surface area contributed by atoms with Gasteiger partial charge in [0.05, 0.1) is 6.54 Å². The molecule has 3 aromatic rings. The van der Waals surface area contributed by atoms with Crippen LogP contribution in [0.1, 0.15) is 50.3 Å². The van der Waals surface area contributed by atoms with Gasteiger partial charge < -0.3 is 15.6 Å². The number of aliphatic imine (C=N–C) groups is 1. The van der Waals surface area contributed by atoms with Crippen molar-refractivity contribution in [1.82, 2.24) is 30.4 Å². The number of aromatic amines is 1. The molecule has 1 aliphatic heterocycles. The monoisotopic (exact) mass is 539 g/mol. The summed E-state index contributed by atoms with van der Waals surface area (Å²) in [6.07, 6.45) is 4.61. The maximum absolute atomic E-state index is 13.6. The molecule has 4 rings (SSSR count). The number of rotatable bonds is 6. The van der Waals surface area contributed by atoms with E-state index in [9.17, 15) is 4.39 Å². The highest BCUT2D eigenvalue weighted by molar-refractivity contribution is 14.0. The smallest absolute Gasteiger partial charge is 0.191 e. The van der Waals surface area contributed by atoms with E-state index in [1.54, 1.807) is 12.1 Å². The molecule has 7 nitrogen and oxygen atoms in total. The first-order valence-corrected chi connectivity index (χ1v) is 10.8. The molecule has 0 bridgehead atoms. The third kappa shape index (κ3) is 5.55. The van der Waals surface area contributed by atoms with E-state index in [0.717, 1.165) is 66.4 Å². The zero-order valence-electron chi connectivity index (χ0n) is 18.3. The van der Waals surface area contributed by atoms with E-state index in [4.69, 9.17) is 4.99 Å². The second-order valence-electron chi connectivity index (χ2n) is 8.12. The van der Waals surface area contributed by atoms with Crippen LogP contribution in [0.2, 0.25) is 0 Å². The molecule has 0 amide bonds. The lowest BCUT2D eigenvalue weighted by molar-refractivity contribution is 0.391. The first kappa shape index (κ1) is 23.5. The van der Waals surface area contributed by atoms with Crippen LogP contribution in [0.15, 0.2) is 29.4 Å². The predicted octanol–water partition coefficient (Wildman–Crippen LogP) is 3.75. The first-order chi connectivity index (χ1) is 14.5. The van der Waals surface area contributed by atoms with Crippen LogP contribution < -0.4 is 10.6 Å². The number of aromatic nitrogens is 4. The molecule has 1 aliphatic rings. The van der Waals surface area contributed by atoms with E-state index in [1.165, 1.54) is 6.07 Å². The molecule has 0 radical (unpaired) electrons. The molecule has 2 aromatic heterocycles. The lowest BCUT2D eigenvalue weighted by Gasteiger charge is -2.25. The summed E-state index contributed by atoms with van der Waals surface area (Å²) in [5.74, 6) is 2.92. The molecule has 0 saturated carbocycles. The number of benzene rings is 1. The summed E-state index contributed by atoms with van der Waals surface area (Å²) in [5, 5.41) is 12.5. The molecule has 1 atom stereocenters. The molecule has 3 N–H and O–H groups in total. The standard InChI is InChI=1S/C22H30FN7.HI/c1-4-24-22(25-10-9-15-12-26-19-7-5-16(23)11-18(15)19)27-17-6-8-20-28-21(14(2)3)29-30(20)13-17;/h5,7,11-12,14,17,26H,4,6,8-10,13H2,1-3H3,(H2,24,25,27);1H. The molecular weight excluding hydrogens is 508 g/mol. The van der Waals surface area contributed by atoms with Gasteiger partial charge in [0.25, 0.3) is 0 Å². The fourth-order valence-corrected chi connectivity index (χ4v) is 3.85. The Hall–Kier alpha value is -2.17. The highest BCUT2D eigenvalue weighted by Gasteiger charge is 2.23. The van der Waals surface area contributed by atoms with Crippen molar-refractivity contribution in [2.24, 2.45) is 4.99 Å². The number of halogens is 2. The maximum atomic E-state index is 13.6. The maximum Gasteiger partial charge on any atom is 0.191 e. The molecule has 1 aromatic carbocycles. The van der Waals surface area contributed by atoms with Crippen LogP contribution in [0.5, 0.6) is 0 Å². The van der Waals surface area contributed by atoms with Gasteiger partial charge >= 0.3 is 0 Å². The Bertz CT molecular complexity index is 1040. The number of aryl methyl sites for hydroxylation is 1. The number of nitrogens with one attached hydrogen (secondary N) is 3. The lowest BCUT2D eigenvalue weighted by atomic mass is 10.1. The van der Waals surface area contributed by atoms with Gasteiger partial charge in [-0.05, 0) is 43.5 Å². The second-order valence-corrected chi connectivity index (χ2v) is 8.12. The van der Waals surface area contributed by atoms with Crippen molar-refractivity contribution < 1.29 is 4.39 Å². The number of nitrogens with zero attached hydrogens (tertiary/aromatic N) is 4. The number of hydrogen-bond acceptors (Lipinski definition) is 3. The minimum atomic E-state index is -0.216. The minimum Gasteiger partial charge on any atom is -0.361 e. The Morgan fingerprint density at radius 1 is 1.39 bits per heavy atom. The SMILES string of the molecule is CCNC(=NCCc1c[nH]c2ccc(F)cc12)NC1CCc2nc(C(C)C)nn2C1.I. The van der Waals surface area contributed by atoms with Gasteiger partial charge in [-0.1, -0.05) is 13.8 Å². The van der Waals surface area contributed by atoms with Crippen molar-refractivity contribution in [3.8, 4) is 0 Å². The Labute approximate surface area is 199 Å². The average molecular weight is 539 g/mol. The summed E-state index contributed by atoms with van der Waals surface area (Å²) in [5.41, 5.74) is 2.03. The highest BCUT2D eigenvalue weighted by atomic mass is 127. The van der Waals surface area contributed by atoms with Gasteiger partial charge in [0.15, 0.2) is 11.8 Å². The number of fused-ring (bicyclic) bond motifs is 2. The number of H-pyrrole nitrogens is 1. The van der Waals surface area contributed by atoms with Crippen molar-refractivity contribution in [2.45, 2.75) is 58.5 Å². The normalized spacial score (nSPS) is 16.3. The lowest BCUT2D eigenvalue weighted by Crippen LogP contribution is -2.47. The molecule has 0 aliphatic carbocycles. The molecule has 0 spiro atoms. The van der Waals surface area contributed by atoms with E-state index in [1.807, 2.05) is 10.9 Å². The van der Waals surface area contributed by atoms with E-state index >= 15 is 0 Å². The molecule has 31 heavy (non-hydrogen) atoms. The topological polar surface area (TPSA) is 82.9 Å². The Morgan fingerprint density at radius 2 is 2.23 bits per heavy atom.